The number of ether oxygens (including phenoxy) is 2. The lowest BCUT2D eigenvalue weighted by molar-refractivity contribution is -0.0588. The molecule has 0 aromatic carbocycles. The molecule has 0 saturated carbocycles. The predicted octanol–water partition coefficient (Wildman–Crippen LogP) is 1.44. The molecule has 6 nitrogen and oxygen atoms in total. The van der Waals surface area contributed by atoms with E-state index in [0.29, 0.717) is 18.8 Å². The van der Waals surface area contributed by atoms with Crippen molar-refractivity contribution in [1.82, 2.24) is 4.90 Å². The molecule has 0 unspecified atom stereocenters. The van der Waals surface area contributed by atoms with E-state index in [1.807, 2.05) is 0 Å². The molecule has 6 heteroatoms. The Balaban J connectivity index is 1.85. The molecule has 1 amide bonds. The molecule has 0 spiro atoms. The van der Waals surface area contributed by atoms with Crippen molar-refractivity contribution in [3.8, 4) is 0 Å². The summed E-state index contributed by atoms with van der Waals surface area (Å²) in [5.41, 5.74) is 0.687. The normalized spacial score (nSPS) is 24.1. The van der Waals surface area contributed by atoms with Crippen molar-refractivity contribution in [3.63, 3.8) is 0 Å². The van der Waals surface area contributed by atoms with Crippen LogP contribution in [0.4, 0.5) is 4.79 Å². The van der Waals surface area contributed by atoms with Gasteiger partial charge in [0, 0.05) is 12.8 Å². The van der Waals surface area contributed by atoms with Gasteiger partial charge in [-0.05, 0) is 19.3 Å². The Hall–Kier alpha value is -1.56. The first kappa shape index (κ1) is 11.9. The van der Waals surface area contributed by atoms with E-state index < -0.39 is 6.09 Å². The maximum absolute atomic E-state index is 11.0. The van der Waals surface area contributed by atoms with Crippen molar-refractivity contribution in [2.24, 2.45) is 4.99 Å². The van der Waals surface area contributed by atoms with Crippen LogP contribution < -0.4 is 0 Å². The highest BCUT2D eigenvalue weighted by Crippen LogP contribution is 2.19. The van der Waals surface area contributed by atoms with Crippen LogP contribution in [-0.2, 0) is 9.47 Å². The summed E-state index contributed by atoms with van der Waals surface area (Å²) in [6, 6.07) is 0. The zero-order valence-electron chi connectivity index (χ0n) is 9.54. The number of aliphatic imine (C=N–C) groups is 1. The fraction of sp³-hybridized carbons (Fsp3) is 0.636. The summed E-state index contributed by atoms with van der Waals surface area (Å²) >= 11 is 0. The minimum atomic E-state index is -0.924. The third kappa shape index (κ3) is 3.20. The Morgan fingerprint density at radius 2 is 2.53 bits per heavy atom. The maximum Gasteiger partial charge on any atom is 0.409 e. The molecule has 17 heavy (non-hydrogen) atoms. The smallest absolute Gasteiger partial charge is 0.409 e. The van der Waals surface area contributed by atoms with E-state index >= 15 is 0 Å². The molecule has 0 aliphatic carbocycles. The van der Waals surface area contributed by atoms with Gasteiger partial charge in [-0.1, -0.05) is 0 Å². The summed E-state index contributed by atoms with van der Waals surface area (Å²) < 4.78 is 10.7. The molecule has 94 valence electrons. The molecule has 2 aliphatic rings. The largest absolute Gasteiger partial charge is 0.494 e. The summed E-state index contributed by atoms with van der Waals surface area (Å²) in [7, 11) is 0. The van der Waals surface area contributed by atoms with Crippen molar-refractivity contribution in [2.45, 2.75) is 25.5 Å². The summed E-state index contributed by atoms with van der Waals surface area (Å²) in [6.07, 6.45) is 4.56. The van der Waals surface area contributed by atoms with E-state index in [0.717, 1.165) is 19.3 Å². The van der Waals surface area contributed by atoms with Crippen LogP contribution in [0, 0.1) is 0 Å². The summed E-state index contributed by atoms with van der Waals surface area (Å²) in [5.74, 6) is 0. The number of carbonyl (C=O) groups is 1. The quantitative estimate of drug-likeness (QED) is 0.810. The van der Waals surface area contributed by atoms with Gasteiger partial charge in [-0.25, -0.2) is 4.79 Å². The first-order valence-corrected chi connectivity index (χ1v) is 5.72. The molecule has 1 fully saturated rings. The van der Waals surface area contributed by atoms with Gasteiger partial charge in [0.1, 0.15) is 24.8 Å². The van der Waals surface area contributed by atoms with Gasteiger partial charge < -0.3 is 14.6 Å². The van der Waals surface area contributed by atoms with Gasteiger partial charge in [0.05, 0.1) is 6.61 Å². The number of nitrogens with zero attached hydrogens (tertiary/aromatic N) is 2. The van der Waals surface area contributed by atoms with Crippen molar-refractivity contribution in [2.75, 3.05) is 19.8 Å². The molecule has 0 aromatic heterocycles. The Morgan fingerprint density at radius 1 is 1.65 bits per heavy atom. The fourth-order valence-electron chi connectivity index (χ4n) is 1.92. The maximum atomic E-state index is 11.0. The van der Waals surface area contributed by atoms with Gasteiger partial charge in [0.2, 0.25) is 0 Å². The topological polar surface area (TPSA) is 71.4 Å². The van der Waals surface area contributed by atoms with Gasteiger partial charge in [0.25, 0.3) is 0 Å². The van der Waals surface area contributed by atoms with Crippen LogP contribution in [0.1, 0.15) is 19.3 Å². The minimum Gasteiger partial charge on any atom is -0.494 e. The monoisotopic (exact) mass is 240 g/mol. The lowest BCUT2D eigenvalue weighted by Crippen LogP contribution is -2.44. The Labute approximate surface area is 99.5 Å². The van der Waals surface area contributed by atoms with Crippen LogP contribution in [0.2, 0.25) is 0 Å². The third-order valence-corrected chi connectivity index (χ3v) is 2.76. The Morgan fingerprint density at radius 3 is 3.24 bits per heavy atom. The number of carboxylic acid groups (broad SMARTS) is 1. The van der Waals surface area contributed by atoms with E-state index in [2.05, 4.69) is 4.99 Å². The first-order valence-electron chi connectivity index (χ1n) is 5.72. The third-order valence-electron chi connectivity index (χ3n) is 2.76. The number of rotatable bonds is 3. The van der Waals surface area contributed by atoms with Crippen LogP contribution >= 0.6 is 0 Å². The number of amides is 1. The molecular weight excluding hydrogens is 224 g/mol. The number of hydrogen-bond acceptors (Lipinski definition) is 4. The molecule has 1 atom stereocenters. The molecule has 2 aliphatic heterocycles. The Bertz CT molecular complexity index is 340. The highest BCUT2D eigenvalue weighted by atomic mass is 16.5. The van der Waals surface area contributed by atoms with Crippen molar-refractivity contribution < 1.29 is 19.4 Å². The molecule has 2 heterocycles. The average Bonchev–Trinajstić information content (AvgIpc) is 2.38. The molecule has 0 aromatic rings. The van der Waals surface area contributed by atoms with Crippen LogP contribution in [0.3, 0.4) is 0 Å². The first-order chi connectivity index (χ1) is 8.27. The van der Waals surface area contributed by atoms with Gasteiger partial charge in [-0.3, -0.25) is 9.89 Å². The molecular formula is C11H16N2O4. The summed E-state index contributed by atoms with van der Waals surface area (Å²) in [6.45, 7) is 1.30. The van der Waals surface area contributed by atoms with Gasteiger partial charge in [-0.2, -0.15) is 0 Å². The zero-order valence-corrected chi connectivity index (χ0v) is 9.54. The second-order valence-corrected chi connectivity index (χ2v) is 3.99. The second kappa shape index (κ2) is 5.67. The lowest BCUT2D eigenvalue weighted by atomic mass is 10.1. The molecule has 0 radical (unpaired) electrons. The van der Waals surface area contributed by atoms with Crippen LogP contribution in [0.25, 0.3) is 0 Å². The van der Waals surface area contributed by atoms with Crippen LogP contribution in [0.15, 0.2) is 17.0 Å². The highest BCUT2D eigenvalue weighted by Gasteiger charge is 2.27. The summed E-state index contributed by atoms with van der Waals surface area (Å²) in [5, 5.41) is 9.02. The average molecular weight is 240 g/mol. The van der Waals surface area contributed by atoms with Crippen molar-refractivity contribution in [3.05, 3.63) is 12.0 Å². The zero-order chi connectivity index (χ0) is 12.1. The molecule has 2 rings (SSSR count). The Kier molecular flexibility index (Phi) is 3.98. The van der Waals surface area contributed by atoms with Crippen molar-refractivity contribution in [1.29, 1.82) is 0 Å². The summed E-state index contributed by atoms with van der Waals surface area (Å²) in [4.78, 5) is 16.4. The number of likely N-dealkylation sites (tertiary alicyclic amines) is 1. The fourth-order valence-corrected chi connectivity index (χ4v) is 1.92. The minimum absolute atomic E-state index is 0.283. The van der Waals surface area contributed by atoms with Gasteiger partial charge in [0.15, 0.2) is 0 Å². The van der Waals surface area contributed by atoms with Gasteiger partial charge in [-0.15, -0.1) is 0 Å². The lowest BCUT2D eigenvalue weighted by Gasteiger charge is -2.33. The van der Waals surface area contributed by atoms with E-state index in [1.165, 1.54) is 4.90 Å². The van der Waals surface area contributed by atoms with E-state index in [-0.39, 0.29) is 12.8 Å². The second-order valence-electron chi connectivity index (χ2n) is 3.99. The van der Waals surface area contributed by atoms with E-state index in [1.54, 1.807) is 12.5 Å². The van der Waals surface area contributed by atoms with Crippen molar-refractivity contribution >= 4 is 12.3 Å². The molecule has 1 saturated heterocycles. The van der Waals surface area contributed by atoms with Crippen LogP contribution in [-0.4, -0.2) is 48.3 Å². The standard InChI is InChI=1S/C11H16N2O4/c14-11(15)13-5-2-1-3-10(13)17-8-9-7-16-6-4-12-9/h4,7,10H,1-3,5-6,8H2,(H,14,15)/t10-/m1/s1. The van der Waals surface area contributed by atoms with E-state index in [9.17, 15) is 4.79 Å². The highest BCUT2D eigenvalue weighted by molar-refractivity contribution is 5.65. The van der Waals surface area contributed by atoms with Gasteiger partial charge >= 0.3 is 6.09 Å². The number of piperidine rings is 1. The number of hydrogen-bond donors (Lipinski definition) is 1. The van der Waals surface area contributed by atoms with Crippen LogP contribution in [0.5, 0.6) is 0 Å². The predicted molar refractivity (Wildman–Crippen MR) is 60.8 cm³/mol. The molecule has 1 N–H and O–H groups in total. The molecule has 0 bridgehead atoms. The van der Waals surface area contributed by atoms with E-state index in [4.69, 9.17) is 14.6 Å². The SMILES string of the molecule is O=C(O)N1CCCC[C@H]1OCC1=COCC=N1.